The summed E-state index contributed by atoms with van der Waals surface area (Å²) in [5.74, 6) is 1.67. The molecule has 130 valence electrons. The van der Waals surface area contributed by atoms with Crippen molar-refractivity contribution in [1.29, 1.82) is 0 Å². The molecule has 0 aliphatic carbocycles. The van der Waals surface area contributed by atoms with E-state index in [1.54, 1.807) is 19.2 Å². The van der Waals surface area contributed by atoms with Crippen LogP contribution >= 0.6 is 0 Å². The Kier molecular flexibility index (Phi) is 6.32. The SMILES string of the molecule is CCN(CC(O)COc1ccc(OC)cc1)c1cc(O)ccc1C. The van der Waals surface area contributed by atoms with Crippen LogP contribution in [0.5, 0.6) is 17.2 Å². The Balaban J connectivity index is 1.93. The van der Waals surface area contributed by atoms with E-state index >= 15 is 0 Å². The molecule has 2 aromatic carbocycles. The summed E-state index contributed by atoms with van der Waals surface area (Å²) < 4.78 is 10.7. The van der Waals surface area contributed by atoms with Gasteiger partial charge in [0.15, 0.2) is 0 Å². The molecule has 0 saturated heterocycles. The first kappa shape index (κ1) is 17.9. The number of hydrogen-bond acceptors (Lipinski definition) is 5. The minimum atomic E-state index is -0.645. The number of methoxy groups -OCH3 is 1. The maximum Gasteiger partial charge on any atom is 0.119 e. The largest absolute Gasteiger partial charge is 0.508 e. The van der Waals surface area contributed by atoms with E-state index in [4.69, 9.17) is 9.47 Å². The van der Waals surface area contributed by atoms with Gasteiger partial charge in [0.1, 0.15) is 30.0 Å². The number of aliphatic hydroxyl groups excluding tert-OH is 1. The topological polar surface area (TPSA) is 62.2 Å². The number of aliphatic hydroxyl groups is 1. The maximum atomic E-state index is 10.3. The van der Waals surface area contributed by atoms with Crippen molar-refractivity contribution in [2.24, 2.45) is 0 Å². The molecule has 2 rings (SSSR count). The van der Waals surface area contributed by atoms with Gasteiger partial charge in [0.05, 0.1) is 7.11 Å². The zero-order valence-corrected chi connectivity index (χ0v) is 14.4. The summed E-state index contributed by atoms with van der Waals surface area (Å²) in [5.41, 5.74) is 1.97. The number of phenolic OH excluding ortho intramolecular Hbond substituents is 1. The highest BCUT2D eigenvalue weighted by Crippen LogP contribution is 2.25. The zero-order chi connectivity index (χ0) is 17.5. The molecule has 1 unspecified atom stereocenters. The first-order valence-corrected chi connectivity index (χ1v) is 8.03. The van der Waals surface area contributed by atoms with Gasteiger partial charge < -0.3 is 24.6 Å². The molecule has 24 heavy (non-hydrogen) atoms. The average Bonchev–Trinajstić information content (AvgIpc) is 2.60. The summed E-state index contributed by atoms with van der Waals surface area (Å²) in [5, 5.41) is 20.0. The molecule has 5 nitrogen and oxygen atoms in total. The maximum absolute atomic E-state index is 10.3. The van der Waals surface area contributed by atoms with Crippen LogP contribution in [0.25, 0.3) is 0 Å². The third-order valence-corrected chi connectivity index (χ3v) is 3.85. The second-order valence-corrected chi connectivity index (χ2v) is 5.65. The van der Waals surface area contributed by atoms with Gasteiger partial charge in [0, 0.05) is 24.8 Å². The molecule has 2 aromatic rings. The quantitative estimate of drug-likeness (QED) is 0.779. The number of phenols is 1. The number of aromatic hydroxyl groups is 1. The zero-order valence-electron chi connectivity index (χ0n) is 14.4. The van der Waals surface area contributed by atoms with Crippen LogP contribution in [0.15, 0.2) is 42.5 Å². The van der Waals surface area contributed by atoms with Gasteiger partial charge in [-0.15, -0.1) is 0 Å². The van der Waals surface area contributed by atoms with Gasteiger partial charge in [-0.1, -0.05) is 6.07 Å². The molecule has 0 aliphatic heterocycles. The van der Waals surface area contributed by atoms with Crippen molar-refractivity contribution >= 4 is 5.69 Å². The molecule has 0 saturated carbocycles. The average molecular weight is 331 g/mol. The fraction of sp³-hybridized carbons (Fsp3) is 0.368. The summed E-state index contributed by atoms with van der Waals surface area (Å²) in [6, 6.07) is 12.5. The Morgan fingerprint density at radius 1 is 1.08 bits per heavy atom. The van der Waals surface area contributed by atoms with E-state index in [1.807, 2.05) is 49.1 Å². The molecule has 0 amide bonds. The van der Waals surface area contributed by atoms with Crippen molar-refractivity contribution in [3.8, 4) is 17.2 Å². The summed E-state index contributed by atoms with van der Waals surface area (Å²) >= 11 is 0. The first-order valence-electron chi connectivity index (χ1n) is 8.03. The molecular formula is C19H25NO4. The lowest BCUT2D eigenvalue weighted by atomic mass is 10.1. The van der Waals surface area contributed by atoms with Crippen LogP contribution in [-0.2, 0) is 0 Å². The Morgan fingerprint density at radius 3 is 2.38 bits per heavy atom. The molecule has 0 fully saturated rings. The predicted octanol–water partition coefficient (Wildman–Crippen LogP) is 2.98. The molecule has 2 N–H and O–H groups in total. The normalized spacial score (nSPS) is 11.8. The smallest absolute Gasteiger partial charge is 0.119 e. The number of hydrogen-bond donors (Lipinski definition) is 2. The van der Waals surface area contributed by atoms with Crippen molar-refractivity contribution in [2.45, 2.75) is 20.0 Å². The van der Waals surface area contributed by atoms with Crippen LogP contribution in [-0.4, -0.2) is 43.1 Å². The Morgan fingerprint density at radius 2 is 1.75 bits per heavy atom. The highest BCUT2D eigenvalue weighted by molar-refractivity contribution is 5.56. The first-order chi connectivity index (χ1) is 11.5. The Bertz CT molecular complexity index is 642. The van der Waals surface area contributed by atoms with Crippen molar-refractivity contribution in [1.82, 2.24) is 0 Å². The minimum Gasteiger partial charge on any atom is -0.508 e. The summed E-state index contributed by atoms with van der Waals surface area (Å²) in [6.45, 7) is 5.35. The second kappa shape index (κ2) is 8.45. The minimum absolute atomic E-state index is 0.195. The van der Waals surface area contributed by atoms with E-state index in [9.17, 15) is 10.2 Å². The van der Waals surface area contributed by atoms with Gasteiger partial charge in [-0.05, 0) is 49.7 Å². The summed E-state index contributed by atoms with van der Waals surface area (Å²) in [4.78, 5) is 2.02. The van der Waals surface area contributed by atoms with Gasteiger partial charge in [0.2, 0.25) is 0 Å². The summed E-state index contributed by atoms with van der Waals surface area (Å²) in [6.07, 6.45) is -0.645. The number of aryl methyl sites for hydroxylation is 1. The van der Waals surface area contributed by atoms with Gasteiger partial charge >= 0.3 is 0 Å². The molecule has 0 heterocycles. The third-order valence-electron chi connectivity index (χ3n) is 3.85. The molecule has 5 heteroatoms. The van der Waals surface area contributed by atoms with Crippen molar-refractivity contribution in [3.05, 3.63) is 48.0 Å². The Labute approximate surface area is 143 Å². The lowest BCUT2D eigenvalue weighted by molar-refractivity contribution is 0.112. The molecular weight excluding hydrogens is 306 g/mol. The number of anilines is 1. The van der Waals surface area contributed by atoms with Gasteiger partial charge in [-0.3, -0.25) is 0 Å². The molecule has 0 bridgehead atoms. The molecule has 0 radical (unpaired) electrons. The lowest BCUT2D eigenvalue weighted by Gasteiger charge is -2.27. The van der Waals surface area contributed by atoms with Crippen LogP contribution in [0.1, 0.15) is 12.5 Å². The number of ether oxygens (including phenoxy) is 2. The van der Waals surface area contributed by atoms with Crippen molar-refractivity contribution in [2.75, 3.05) is 31.7 Å². The molecule has 0 aliphatic rings. The highest BCUT2D eigenvalue weighted by atomic mass is 16.5. The van der Waals surface area contributed by atoms with Crippen LogP contribution in [0.2, 0.25) is 0 Å². The van der Waals surface area contributed by atoms with E-state index < -0.39 is 6.10 Å². The van der Waals surface area contributed by atoms with Gasteiger partial charge in [-0.2, -0.15) is 0 Å². The Hall–Kier alpha value is -2.40. The predicted molar refractivity (Wildman–Crippen MR) is 95.2 cm³/mol. The van der Waals surface area contributed by atoms with E-state index in [0.717, 1.165) is 23.5 Å². The van der Waals surface area contributed by atoms with Crippen molar-refractivity contribution in [3.63, 3.8) is 0 Å². The standard InChI is InChI=1S/C19H25NO4/c1-4-20(19-11-15(21)6-5-14(19)2)12-16(22)13-24-18-9-7-17(23-3)8-10-18/h5-11,16,21-22H,4,12-13H2,1-3H3. The fourth-order valence-electron chi connectivity index (χ4n) is 2.51. The molecule has 0 spiro atoms. The second-order valence-electron chi connectivity index (χ2n) is 5.65. The van der Waals surface area contributed by atoms with Crippen LogP contribution < -0.4 is 14.4 Å². The van der Waals surface area contributed by atoms with E-state index in [-0.39, 0.29) is 12.4 Å². The third kappa shape index (κ3) is 4.80. The fourth-order valence-corrected chi connectivity index (χ4v) is 2.51. The molecule has 1 atom stereocenters. The van der Waals surface area contributed by atoms with E-state index in [0.29, 0.717) is 12.3 Å². The lowest BCUT2D eigenvalue weighted by Crippen LogP contribution is -2.36. The van der Waals surface area contributed by atoms with Crippen LogP contribution in [0.4, 0.5) is 5.69 Å². The summed E-state index contributed by atoms with van der Waals surface area (Å²) in [7, 11) is 1.61. The van der Waals surface area contributed by atoms with Gasteiger partial charge in [0.25, 0.3) is 0 Å². The van der Waals surface area contributed by atoms with Crippen molar-refractivity contribution < 1.29 is 19.7 Å². The monoisotopic (exact) mass is 331 g/mol. The van der Waals surface area contributed by atoms with E-state index in [1.165, 1.54) is 0 Å². The number of benzene rings is 2. The number of rotatable bonds is 8. The number of likely N-dealkylation sites (N-methyl/N-ethyl adjacent to an activating group) is 1. The highest BCUT2D eigenvalue weighted by Gasteiger charge is 2.14. The molecule has 0 aromatic heterocycles. The van der Waals surface area contributed by atoms with Crippen LogP contribution in [0.3, 0.4) is 0 Å². The number of nitrogens with zero attached hydrogens (tertiary/aromatic N) is 1. The van der Waals surface area contributed by atoms with E-state index in [2.05, 4.69) is 0 Å². The van der Waals surface area contributed by atoms with Crippen LogP contribution in [0, 0.1) is 6.92 Å². The van der Waals surface area contributed by atoms with Gasteiger partial charge in [-0.25, -0.2) is 0 Å².